The second kappa shape index (κ2) is 6.30. The first-order valence-corrected chi connectivity index (χ1v) is 8.13. The number of hydrogen-bond donors (Lipinski definition) is 2. The highest BCUT2D eigenvalue weighted by molar-refractivity contribution is 6.37. The van der Waals surface area contributed by atoms with Crippen molar-refractivity contribution in [2.45, 2.75) is 18.9 Å². The molecule has 2 aliphatic rings. The summed E-state index contributed by atoms with van der Waals surface area (Å²) < 4.78 is 16.6. The van der Waals surface area contributed by atoms with Crippen molar-refractivity contribution in [2.24, 2.45) is 11.8 Å². The van der Waals surface area contributed by atoms with Crippen LogP contribution in [-0.2, 0) is 9.53 Å². The number of halogens is 1. The van der Waals surface area contributed by atoms with Crippen LogP contribution < -0.4 is 20.7 Å². The first-order valence-electron chi connectivity index (χ1n) is 7.76. The van der Waals surface area contributed by atoms with Crippen molar-refractivity contribution in [3.05, 3.63) is 34.1 Å². The van der Waals surface area contributed by atoms with Crippen LogP contribution in [0.1, 0.15) is 34.1 Å². The molecule has 3 N–H and O–H groups in total. The van der Waals surface area contributed by atoms with E-state index < -0.39 is 23.2 Å². The van der Waals surface area contributed by atoms with Gasteiger partial charge in [-0.2, -0.15) is 0 Å². The van der Waals surface area contributed by atoms with Gasteiger partial charge in [0.1, 0.15) is 11.3 Å². The van der Waals surface area contributed by atoms with Crippen LogP contribution in [0, 0.1) is 5.92 Å². The number of amides is 1. The zero-order valence-corrected chi connectivity index (χ0v) is 15.1. The number of allylic oxidation sites excluding steroid dienone is 1. The molecule has 0 radical (unpaired) electrons. The van der Waals surface area contributed by atoms with Gasteiger partial charge in [0, 0.05) is 18.4 Å². The quantitative estimate of drug-likeness (QED) is 0.462. The molecule has 138 valence electrons. The van der Waals surface area contributed by atoms with Crippen molar-refractivity contribution >= 4 is 29.1 Å². The topological polar surface area (TPSA) is 117 Å². The molecule has 0 aromatic heterocycles. The Balaban J connectivity index is 2.26. The third-order valence-electron chi connectivity index (χ3n) is 4.69. The molecule has 1 aromatic carbocycles. The van der Waals surface area contributed by atoms with Crippen LogP contribution in [0.5, 0.6) is 11.5 Å². The van der Waals surface area contributed by atoms with Gasteiger partial charge in [0.15, 0.2) is 17.3 Å². The molecule has 1 aliphatic heterocycles. The van der Waals surface area contributed by atoms with Gasteiger partial charge >= 0.3 is 0 Å². The minimum atomic E-state index is -1.54. The maximum Gasteiger partial charge on any atom is 0.266 e. The summed E-state index contributed by atoms with van der Waals surface area (Å²) in [7, 11) is 2.71. The fraction of sp³-hybridized carbons (Fsp3) is 0.353. The van der Waals surface area contributed by atoms with E-state index in [2.05, 4.69) is 0 Å². The highest BCUT2D eigenvalue weighted by Gasteiger charge is 2.59. The zero-order chi connectivity index (χ0) is 19.2. The molecule has 1 spiro atoms. The van der Waals surface area contributed by atoms with Crippen LogP contribution in [0.2, 0.25) is 5.02 Å². The molecule has 3 rings (SSSR count). The SMILES string of the molecule is COC1=CC(=O)C[C@@H](C)[C@]12Oc1c(Cl)c(C(=O)NN)cc(OC)c1C2=O. The average Bonchev–Trinajstić information content (AvgIpc) is 2.93. The predicted octanol–water partition coefficient (Wildman–Crippen LogP) is 1.41. The Morgan fingerprint density at radius 3 is 2.65 bits per heavy atom. The van der Waals surface area contributed by atoms with Crippen molar-refractivity contribution in [1.82, 2.24) is 5.43 Å². The number of carbonyl (C=O) groups is 3. The molecule has 8 nitrogen and oxygen atoms in total. The number of ether oxygens (including phenoxy) is 3. The molecular formula is C17H17ClN2O6. The summed E-state index contributed by atoms with van der Waals surface area (Å²) in [6.07, 6.45) is 1.35. The number of nitrogen functional groups attached to an aromatic ring is 1. The van der Waals surface area contributed by atoms with Gasteiger partial charge in [-0.1, -0.05) is 18.5 Å². The van der Waals surface area contributed by atoms with Crippen molar-refractivity contribution in [3.8, 4) is 11.5 Å². The van der Waals surface area contributed by atoms with Crippen LogP contribution in [0.25, 0.3) is 0 Å². The summed E-state index contributed by atoms with van der Waals surface area (Å²) in [5.74, 6) is 3.59. The smallest absolute Gasteiger partial charge is 0.266 e. The number of hydrazine groups is 1. The van der Waals surface area contributed by atoms with Crippen LogP contribution >= 0.6 is 11.6 Å². The number of fused-ring (bicyclic) bond motifs is 1. The van der Waals surface area contributed by atoms with E-state index in [1.54, 1.807) is 6.92 Å². The first-order chi connectivity index (χ1) is 12.3. The Morgan fingerprint density at radius 2 is 2.08 bits per heavy atom. The summed E-state index contributed by atoms with van der Waals surface area (Å²) >= 11 is 6.32. The van der Waals surface area contributed by atoms with Crippen molar-refractivity contribution in [2.75, 3.05) is 14.2 Å². The molecule has 1 aromatic rings. The molecule has 2 atom stereocenters. The van der Waals surface area contributed by atoms with Gasteiger partial charge in [-0.15, -0.1) is 0 Å². The third kappa shape index (κ3) is 2.29. The number of methoxy groups -OCH3 is 2. The van der Waals surface area contributed by atoms with Crippen LogP contribution in [0.3, 0.4) is 0 Å². The van der Waals surface area contributed by atoms with Gasteiger partial charge in [-0.3, -0.25) is 19.8 Å². The Labute approximate surface area is 154 Å². The monoisotopic (exact) mass is 380 g/mol. The lowest BCUT2D eigenvalue weighted by Crippen LogP contribution is -2.51. The predicted molar refractivity (Wildman–Crippen MR) is 91.2 cm³/mol. The van der Waals surface area contributed by atoms with E-state index >= 15 is 0 Å². The molecule has 0 saturated carbocycles. The van der Waals surface area contributed by atoms with Gasteiger partial charge in [0.2, 0.25) is 11.4 Å². The van der Waals surface area contributed by atoms with Crippen molar-refractivity contribution in [3.63, 3.8) is 0 Å². The van der Waals surface area contributed by atoms with E-state index in [1.807, 2.05) is 5.43 Å². The zero-order valence-electron chi connectivity index (χ0n) is 14.3. The Hall–Kier alpha value is -2.58. The lowest BCUT2D eigenvalue weighted by atomic mass is 9.75. The molecule has 1 amide bonds. The first kappa shape index (κ1) is 18.2. The molecule has 1 aliphatic carbocycles. The number of nitrogens with two attached hydrogens (primary N) is 1. The minimum absolute atomic E-state index is 0.00114. The van der Waals surface area contributed by atoms with Crippen LogP contribution in [0.4, 0.5) is 0 Å². The Bertz CT molecular complexity index is 865. The van der Waals surface area contributed by atoms with Crippen LogP contribution in [-0.4, -0.2) is 37.3 Å². The summed E-state index contributed by atoms with van der Waals surface area (Å²) in [6, 6.07) is 1.32. The van der Waals surface area contributed by atoms with Gasteiger partial charge < -0.3 is 14.2 Å². The third-order valence-corrected chi connectivity index (χ3v) is 5.06. The van der Waals surface area contributed by atoms with E-state index in [9.17, 15) is 14.4 Å². The maximum atomic E-state index is 13.3. The number of ketones is 2. The molecule has 0 saturated heterocycles. The number of Topliss-reactive ketones (excluding diaryl/α,β-unsaturated/α-hetero) is 1. The van der Waals surface area contributed by atoms with Gasteiger partial charge in [0.25, 0.3) is 5.91 Å². The molecular weight excluding hydrogens is 364 g/mol. The van der Waals surface area contributed by atoms with E-state index in [-0.39, 0.29) is 45.6 Å². The molecule has 0 fully saturated rings. The molecule has 0 unspecified atom stereocenters. The fourth-order valence-electron chi connectivity index (χ4n) is 3.42. The second-order valence-electron chi connectivity index (χ2n) is 6.07. The lowest BCUT2D eigenvalue weighted by molar-refractivity contribution is -0.118. The number of carbonyl (C=O) groups excluding carboxylic acids is 3. The summed E-state index contributed by atoms with van der Waals surface area (Å²) in [5, 5.41) is -0.0754. The van der Waals surface area contributed by atoms with E-state index in [4.69, 9.17) is 31.7 Å². The van der Waals surface area contributed by atoms with Gasteiger partial charge in [0.05, 0.1) is 24.8 Å². The van der Waals surface area contributed by atoms with E-state index in [0.717, 1.165) is 0 Å². The van der Waals surface area contributed by atoms with Gasteiger partial charge in [-0.05, 0) is 6.07 Å². The molecule has 26 heavy (non-hydrogen) atoms. The summed E-state index contributed by atoms with van der Waals surface area (Å²) in [5.41, 5.74) is 0.529. The number of rotatable bonds is 3. The maximum absolute atomic E-state index is 13.3. The Morgan fingerprint density at radius 1 is 1.38 bits per heavy atom. The number of nitrogens with one attached hydrogen (secondary N) is 1. The fourth-order valence-corrected chi connectivity index (χ4v) is 3.69. The lowest BCUT2D eigenvalue weighted by Gasteiger charge is -2.36. The minimum Gasteiger partial charge on any atom is -0.496 e. The highest BCUT2D eigenvalue weighted by atomic mass is 35.5. The number of benzene rings is 1. The van der Waals surface area contributed by atoms with Crippen LogP contribution in [0.15, 0.2) is 17.9 Å². The standard InChI is InChI=1S/C17H17ClN2O6/c1-7-4-8(21)5-11(25-3)17(7)15(22)12-10(24-2)6-9(16(23)20-19)13(18)14(12)26-17/h5-7H,4,19H2,1-3H3,(H,20,23)/t7-,17+/m1/s1. The molecule has 1 heterocycles. The molecule has 9 heteroatoms. The largest absolute Gasteiger partial charge is 0.496 e. The van der Waals surface area contributed by atoms with Crippen molar-refractivity contribution < 1.29 is 28.6 Å². The summed E-state index contributed by atoms with van der Waals surface area (Å²) in [4.78, 5) is 37.2. The second-order valence-corrected chi connectivity index (χ2v) is 6.45. The van der Waals surface area contributed by atoms with Crippen molar-refractivity contribution in [1.29, 1.82) is 0 Å². The highest BCUT2D eigenvalue weighted by Crippen LogP contribution is 2.52. The van der Waals surface area contributed by atoms with Gasteiger partial charge in [-0.25, -0.2) is 5.84 Å². The Kier molecular flexibility index (Phi) is 4.41. The average molecular weight is 381 g/mol. The van der Waals surface area contributed by atoms with E-state index in [0.29, 0.717) is 0 Å². The normalized spacial score (nSPS) is 24.0. The molecule has 0 bridgehead atoms. The summed E-state index contributed by atoms with van der Waals surface area (Å²) in [6.45, 7) is 1.71. The van der Waals surface area contributed by atoms with E-state index in [1.165, 1.54) is 26.4 Å². The number of hydrogen-bond acceptors (Lipinski definition) is 7.